The normalized spacial score (nSPS) is 12.0. The van der Waals surface area contributed by atoms with Crippen LogP contribution in [0.25, 0.3) is 10.6 Å². The van der Waals surface area contributed by atoms with E-state index in [1.165, 1.54) is 11.3 Å². The van der Waals surface area contributed by atoms with Crippen LogP contribution in [0.4, 0.5) is 0 Å². The standard InChI is InChI=1S/C17H18BrN3OS/c1-11(2)9-14(16(22)20-8-7-19)15-10-21-17(23-15)12-3-5-13(18)6-4-12/h3-6,10-11,14H,8-9H2,1-2H3,(H,20,22). The second-order valence-corrected chi connectivity index (χ2v) is 7.61. The van der Waals surface area contributed by atoms with Crippen LogP contribution in [0.3, 0.4) is 0 Å². The monoisotopic (exact) mass is 391 g/mol. The highest BCUT2D eigenvalue weighted by atomic mass is 79.9. The van der Waals surface area contributed by atoms with Gasteiger partial charge < -0.3 is 5.32 Å². The molecule has 0 aliphatic rings. The quantitative estimate of drug-likeness (QED) is 0.744. The number of nitrogens with zero attached hydrogens (tertiary/aromatic N) is 2. The van der Waals surface area contributed by atoms with Gasteiger partial charge in [-0.15, -0.1) is 11.3 Å². The van der Waals surface area contributed by atoms with E-state index in [9.17, 15) is 4.79 Å². The Morgan fingerprint density at radius 3 is 2.70 bits per heavy atom. The summed E-state index contributed by atoms with van der Waals surface area (Å²) in [5, 5.41) is 12.2. The number of nitrogens with one attached hydrogen (secondary N) is 1. The SMILES string of the molecule is CC(C)CC(C(=O)NCC#N)c1cnc(-c2ccc(Br)cc2)s1. The molecule has 0 radical (unpaired) electrons. The topological polar surface area (TPSA) is 65.8 Å². The van der Waals surface area contributed by atoms with Crippen molar-refractivity contribution in [2.75, 3.05) is 6.54 Å². The molecule has 1 aromatic carbocycles. The summed E-state index contributed by atoms with van der Waals surface area (Å²) in [7, 11) is 0. The summed E-state index contributed by atoms with van der Waals surface area (Å²) in [5.74, 6) is 0.0161. The molecule has 0 spiro atoms. The molecule has 120 valence electrons. The molecule has 1 heterocycles. The van der Waals surface area contributed by atoms with Crippen molar-refractivity contribution in [3.8, 4) is 16.6 Å². The molecule has 1 amide bonds. The van der Waals surface area contributed by atoms with Crippen LogP contribution >= 0.6 is 27.3 Å². The minimum Gasteiger partial charge on any atom is -0.342 e. The van der Waals surface area contributed by atoms with Gasteiger partial charge >= 0.3 is 0 Å². The van der Waals surface area contributed by atoms with Gasteiger partial charge in [-0.3, -0.25) is 4.79 Å². The van der Waals surface area contributed by atoms with Gasteiger partial charge in [-0.25, -0.2) is 4.98 Å². The molecule has 0 aliphatic heterocycles. The molecule has 0 saturated carbocycles. The first-order valence-electron chi connectivity index (χ1n) is 7.37. The Morgan fingerprint density at radius 2 is 2.09 bits per heavy atom. The molecular weight excluding hydrogens is 374 g/mol. The van der Waals surface area contributed by atoms with Crippen molar-refractivity contribution < 1.29 is 4.79 Å². The Hall–Kier alpha value is -1.71. The van der Waals surface area contributed by atoms with Gasteiger partial charge in [0.15, 0.2) is 0 Å². The Labute approximate surface area is 148 Å². The number of nitriles is 1. The lowest BCUT2D eigenvalue weighted by Crippen LogP contribution is -2.30. The summed E-state index contributed by atoms with van der Waals surface area (Å²) < 4.78 is 1.02. The highest BCUT2D eigenvalue weighted by Crippen LogP contribution is 2.33. The predicted octanol–water partition coefficient (Wildman–Crippen LogP) is 4.34. The second-order valence-electron chi connectivity index (χ2n) is 5.63. The first-order valence-corrected chi connectivity index (χ1v) is 8.98. The van der Waals surface area contributed by atoms with Crippen LogP contribution in [-0.4, -0.2) is 17.4 Å². The third-order valence-electron chi connectivity index (χ3n) is 3.32. The molecule has 1 atom stereocenters. The van der Waals surface area contributed by atoms with E-state index in [2.05, 4.69) is 40.1 Å². The van der Waals surface area contributed by atoms with Gasteiger partial charge in [0.1, 0.15) is 11.6 Å². The highest BCUT2D eigenvalue weighted by Gasteiger charge is 2.24. The fraction of sp³-hybridized carbons (Fsp3) is 0.353. The van der Waals surface area contributed by atoms with Crippen LogP contribution in [0.15, 0.2) is 34.9 Å². The van der Waals surface area contributed by atoms with Gasteiger partial charge in [0.2, 0.25) is 5.91 Å². The molecule has 0 fully saturated rings. The van der Waals surface area contributed by atoms with E-state index < -0.39 is 0 Å². The van der Waals surface area contributed by atoms with Gasteiger partial charge in [0.05, 0.1) is 12.0 Å². The number of aromatic nitrogens is 1. The average Bonchev–Trinajstić information content (AvgIpc) is 3.00. The number of rotatable bonds is 6. The molecule has 0 aliphatic carbocycles. The molecule has 1 aromatic heterocycles. The Morgan fingerprint density at radius 1 is 1.39 bits per heavy atom. The van der Waals surface area contributed by atoms with Crippen LogP contribution in [0.5, 0.6) is 0 Å². The fourth-order valence-corrected chi connectivity index (χ4v) is 3.55. The average molecular weight is 392 g/mol. The third-order valence-corrected chi connectivity index (χ3v) is 5.01. The lowest BCUT2D eigenvalue weighted by atomic mass is 9.95. The maximum absolute atomic E-state index is 12.3. The Bertz CT molecular complexity index is 703. The third kappa shape index (κ3) is 4.88. The minimum atomic E-state index is -0.259. The molecule has 4 nitrogen and oxygen atoms in total. The van der Waals surface area contributed by atoms with E-state index in [4.69, 9.17) is 5.26 Å². The van der Waals surface area contributed by atoms with Crippen molar-refractivity contribution in [3.05, 3.63) is 39.8 Å². The smallest absolute Gasteiger partial charge is 0.229 e. The lowest BCUT2D eigenvalue weighted by Gasteiger charge is -2.16. The van der Waals surface area contributed by atoms with Gasteiger partial charge in [-0.1, -0.05) is 41.9 Å². The molecule has 23 heavy (non-hydrogen) atoms. The predicted molar refractivity (Wildman–Crippen MR) is 96.1 cm³/mol. The minimum absolute atomic E-state index is 0.0335. The van der Waals surface area contributed by atoms with Crippen LogP contribution < -0.4 is 5.32 Å². The van der Waals surface area contributed by atoms with Crippen LogP contribution in [0.2, 0.25) is 0 Å². The van der Waals surface area contributed by atoms with E-state index in [0.717, 1.165) is 26.3 Å². The van der Waals surface area contributed by atoms with E-state index in [0.29, 0.717) is 5.92 Å². The maximum atomic E-state index is 12.3. The number of halogens is 1. The summed E-state index contributed by atoms with van der Waals surface area (Å²) >= 11 is 4.95. The van der Waals surface area contributed by atoms with Crippen molar-refractivity contribution in [3.63, 3.8) is 0 Å². The van der Waals surface area contributed by atoms with Crippen molar-refractivity contribution in [1.29, 1.82) is 5.26 Å². The fourth-order valence-electron chi connectivity index (χ4n) is 2.25. The van der Waals surface area contributed by atoms with E-state index in [-0.39, 0.29) is 18.4 Å². The zero-order chi connectivity index (χ0) is 16.8. The molecule has 2 aromatic rings. The van der Waals surface area contributed by atoms with E-state index in [1.54, 1.807) is 6.20 Å². The zero-order valence-corrected chi connectivity index (χ0v) is 15.4. The summed E-state index contributed by atoms with van der Waals surface area (Å²) in [6.07, 6.45) is 2.51. The maximum Gasteiger partial charge on any atom is 0.229 e. The zero-order valence-electron chi connectivity index (χ0n) is 13.0. The number of amides is 1. The van der Waals surface area contributed by atoms with Gasteiger partial charge in [-0.05, 0) is 24.5 Å². The molecule has 1 unspecified atom stereocenters. The molecule has 2 rings (SSSR count). The number of hydrogen-bond acceptors (Lipinski definition) is 4. The van der Waals surface area contributed by atoms with Crippen LogP contribution in [-0.2, 0) is 4.79 Å². The number of benzene rings is 1. The van der Waals surface area contributed by atoms with Crippen molar-refractivity contribution in [1.82, 2.24) is 10.3 Å². The molecular formula is C17H18BrN3OS. The van der Waals surface area contributed by atoms with Gasteiger partial charge in [-0.2, -0.15) is 5.26 Å². The lowest BCUT2D eigenvalue weighted by molar-refractivity contribution is -0.122. The van der Waals surface area contributed by atoms with E-state index >= 15 is 0 Å². The number of carbonyl (C=O) groups excluding carboxylic acids is 1. The van der Waals surface area contributed by atoms with Crippen LogP contribution in [0.1, 0.15) is 31.1 Å². The van der Waals surface area contributed by atoms with Crippen molar-refractivity contribution in [2.24, 2.45) is 5.92 Å². The van der Waals surface area contributed by atoms with Crippen molar-refractivity contribution >= 4 is 33.2 Å². The van der Waals surface area contributed by atoms with Crippen molar-refractivity contribution in [2.45, 2.75) is 26.2 Å². The van der Waals surface area contributed by atoms with E-state index in [1.807, 2.05) is 30.3 Å². The highest BCUT2D eigenvalue weighted by molar-refractivity contribution is 9.10. The Balaban J connectivity index is 2.24. The summed E-state index contributed by atoms with van der Waals surface area (Å²) in [6.45, 7) is 4.20. The number of hydrogen-bond donors (Lipinski definition) is 1. The largest absolute Gasteiger partial charge is 0.342 e. The molecule has 1 N–H and O–H groups in total. The number of carbonyl (C=O) groups is 1. The first kappa shape index (κ1) is 17.6. The van der Waals surface area contributed by atoms with Gasteiger partial charge in [0, 0.05) is 21.1 Å². The summed E-state index contributed by atoms with van der Waals surface area (Å²) in [6, 6.07) is 9.89. The summed E-state index contributed by atoms with van der Waals surface area (Å²) in [5.41, 5.74) is 1.03. The number of thiazole rings is 1. The molecule has 0 saturated heterocycles. The first-order chi connectivity index (χ1) is 11.0. The second kappa shape index (κ2) is 8.23. The molecule has 0 bridgehead atoms. The molecule has 6 heteroatoms. The van der Waals surface area contributed by atoms with Gasteiger partial charge in [0.25, 0.3) is 0 Å². The Kier molecular flexibility index (Phi) is 6.31. The van der Waals surface area contributed by atoms with Crippen LogP contribution in [0, 0.1) is 17.2 Å². The summed E-state index contributed by atoms with van der Waals surface area (Å²) in [4.78, 5) is 17.7.